The maximum absolute atomic E-state index is 13.0. The zero-order valence-electron chi connectivity index (χ0n) is 19.4. The van der Waals surface area contributed by atoms with Gasteiger partial charge in [0.2, 0.25) is 5.91 Å². The molecule has 9 heteroatoms. The van der Waals surface area contributed by atoms with Crippen molar-refractivity contribution < 1.29 is 24.0 Å². The largest absolute Gasteiger partial charge is 0.463 e. The number of hydrogen-bond donors (Lipinski definition) is 2. The Bertz CT molecular complexity index is 1040. The topological polar surface area (TPSA) is 128 Å². The van der Waals surface area contributed by atoms with E-state index in [1.54, 1.807) is 58.9 Å². The van der Waals surface area contributed by atoms with Crippen LogP contribution in [0.4, 0.5) is 11.4 Å². The number of ether oxygens (including phenoxy) is 1. The molecule has 2 N–H and O–H groups in total. The highest BCUT2D eigenvalue weighted by atomic mass is 16.6. The Labute approximate surface area is 192 Å². The number of nitro benzene ring substituents is 1. The molecule has 176 valence electrons. The minimum atomic E-state index is -0.988. The highest BCUT2D eigenvalue weighted by Gasteiger charge is 2.27. The van der Waals surface area contributed by atoms with E-state index in [9.17, 15) is 24.5 Å². The van der Waals surface area contributed by atoms with Crippen molar-refractivity contribution in [3.8, 4) is 0 Å². The quantitative estimate of drug-likeness (QED) is 0.345. The van der Waals surface area contributed by atoms with Gasteiger partial charge in [-0.2, -0.15) is 0 Å². The molecule has 0 spiro atoms. The average molecular weight is 456 g/mol. The lowest BCUT2D eigenvalue weighted by atomic mass is 9.95. The highest BCUT2D eigenvalue weighted by molar-refractivity contribution is 5.98. The third kappa shape index (κ3) is 7.41. The summed E-state index contributed by atoms with van der Waals surface area (Å²) >= 11 is 0. The molecule has 0 aromatic heterocycles. The first-order valence-corrected chi connectivity index (χ1v) is 10.5. The number of nitrogens with zero attached hydrogens (tertiary/aromatic N) is 1. The molecule has 2 aromatic carbocycles. The zero-order chi connectivity index (χ0) is 24.8. The van der Waals surface area contributed by atoms with Gasteiger partial charge in [-0.25, -0.2) is 0 Å². The molecule has 0 aliphatic rings. The monoisotopic (exact) mass is 455 g/mol. The maximum atomic E-state index is 13.0. The Kier molecular flexibility index (Phi) is 8.28. The molecule has 2 aromatic rings. The summed E-state index contributed by atoms with van der Waals surface area (Å²) in [5.41, 5.74) is 0.0125. The number of hydrogen-bond acceptors (Lipinski definition) is 6. The van der Waals surface area contributed by atoms with E-state index < -0.39 is 28.3 Å². The van der Waals surface area contributed by atoms with Gasteiger partial charge in [0.15, 0.2) is 0 Å². The van der Waals surface area contributed by atoms with Crippen LogP contribution >= 0.6 is 0 Å². The fourth-order valence-corrected chi connectivity index (χ4v) is 2.96. The van der Waals surface area contributed by atoms with E-state index in [2.05, 4.69) is 10.6 Å². The molecule has 1 unspecified atom stereocenters. The molecular formula is C24H29N3O6. The number of nitro groups is 1. The Hall–Kier alpha value is -3.75. The second-order valence-electron chi connectivity index (χ2n) is 8.87. The number of esters is 1. The lowest BCUT2D eigenvalue weighted by Crippen LogP contribution is -2.32. The van der Waals surface area contributed by atoms with Crippen molar-refractivity contribution in [2.45, 2.75) is 53.2 Å². The van der Waals surface area contributed by atoms with Crippen LogP contribution in [0.15, 0.2) is 48.5 Å². The van der Waals surface area contributed by atoms with Gasteiger partial charge in [0, 0.05) is 22.7 Å². The third-order valence-corrected chi connectivity index (χ3v) is 4.62. The Balaban J connectivity index is 2.32. The summed E-state index contributed by atoms with van der Waals surface area (Å²) in [5, 5.41) is 17.0. The summed E-state index contributed by atoms with van der Waals surface area (Å²) in [6.07, 6.45) is -0.655. The van der Waals surface area contributed by atoms with Crippen LogP contribution in [-0.2, 0) is 14.3 Å². The summed E-state index contributed by atoms with van der Waals surface area (Å²) in [6, 6.07) is 11.2. The first kappa shape index (κ1) is 25.5. The first-order valence-electron chi connectivity index (χ1n) is 10.5. The number of nitrogens with one attached hydrogen (secondary N) is 2. The van der Waals surface area contributed by atoms with E-state index in [1.807, 2.05) is 0 Å². The summed E-state index contributed by atoms with van der Waals surface area (Å²) < 4.78 is 5.18. The van der Waals surface area contributed by atoms with Crippen molar-refractivity contribution in [3.05, 3.63) is 69.8 Å². The summed E-state index contributed by atoms with van der Waals surface area (Å²) in [4.78, 5) is 48.5. The van der Waals surface area contributed by atoms with Gasteiger partial charge >= 0.3 is 5.97 Å². The molecule has 0 saturated heterocycles. The molecule has 33 heavy (non-hydrogen) atoms. The van der Waals surface area contributed by atoms with Crippen LogP contribution in [0.1, 0.15) is 63.0 Å². The smallest absolute Gasteiger partial charge is 0.308 e. The maximum Gasteiger partial charge on any atom is 0.308 e. The lowest BCUT2D eigenvalue weighted by Gasteiger charge is -2.20. The van der Waals surface area contributed by atoms with Crippen molar-refractivity contribution >= 4 is 29.2 Å². The van der Waals surface area contributed by atoms with Crippen LogP contribution in [-0.4, -0.2) is 28.8 Å². The number of amides is 2. The molecule has 0 bridgehead atoms. The molecule has 0 aliphatic carbocycles. The molecule has 9 nitrogen and oxygen atoms in total. The van der Waals surface area contributed by atoms with Crippen molar-refractivity contribution in [3.63, 3.8) is 0 Å². The second-order valence-corrected chi connectivity index (χ2v) is 8.87. The van der Waals surface area contributed by atoms with Gasteiger partial charge in [-0.1, -0.05) is 45.0 Å². The normalized spacial score (nSPS) is 12.1. The molecule has 0 fully saturated rings. The zero-order valence-corrected chi connectivity index (χ0v) is 19.4. The van der Waals surface area contributed by atoms with Crippen molar-refractivity contribution in [2.75, 3.05) is 5.32 Å². The van der Waals surface area contributed by atoms with Crippen LogP contribution < -0.4 is 10.6 Å². The van der Waals surface area contributed by atoms with Crippen molar-refractivity contribution in [1.29, 1.82) is 0 Å². The van der Waals surface area contributed by atoms with Crippen LogP contribution in [0, 0.1) is 15.5 Å². The number of para-hydroxylation sites is 1. The summed E-state index contributed by atoms with van der Waals surface area (Å²) in [5.74, 6) is -1.36. The van der Waals surface area contributed by atoms with Gasteiger partial charge < -0.3 is 15.4 Å². The molecule has 0 heterocycles. The second kappa shape index (κ2) is 10.7. The van der Waals surface area contributed by atoms with Crippen molar-refractivity contribution in [1.82, 2.24) is 5.32 Å². The Morgan fingerprint density at radius 1 is 1.06 bits per heavy atom. The Morgan fingerprint density at radius 2 is 1.73 bits per heavy atom. The standard InChI is InChI=1S/C24H29N3O6/c1-15(2)33-21(28)14-19(18-11-6-7-12-20(18)27(31)32)26-22(29)16-9-8-10-17(13-16)25-23(30)24(3,4)5/h6-13,15,19H,14H2,1-5H3,(H,25,30)(H,26,29). The van der Waals surface area contributed by atoms with Crippen LogP contribution in [0.2, 0.25) is 0 Å². The fourth-order valence-electron chi connectivity index (χ4n) is 2.96. The van der Waals surface area contributed by atoms with Crippen LogP contribution in [0.3, 0.4) is 0 Å². The SMILES string of the molecule is CC(C)OC(=O)CC(NC(=O)c1cccc(NC(=O)C(C)(C)C)c1)c1ccccc1[N+](=O)[O-]. The third-order valence-electron chi connectivity index (χ3n) is 4.62. The average Bonchev–Trinajstić information content (AvgIpc) is 2.72. The van der Waals surface area contributed by atoms with E-state index in [0.717, 1.165) is 0 Å². The van der Waals surface area contributed by atoms with Gasteiger partial charge in [-0.05, 0) is 32.0 Å². The van der Waals surface area contributed by atoms with Gasteiger partial charge in [0.05, 0.1) is 29.1 Å². The number of anilines is 1. The highest BCUT2D eigenvalue weighted by Crippen LogP contribution is 2.28. The van der Waals surface area contributed by atoms with E-state index in [0.29, 0.717) is 5.69 Å². The molecule has 1 atom stereocenters. The van der Waals surface area contributed by atoms with E-state index >= 15 is 0 Å². The van der Waals surface area contributed by atoms with Gasteiger partial charge in [0.25, 0.3) is 11.6 Å². The van der Waals surface area contributed by atoms with Crippen LogP contribution in [0.5, 0.6) is 0 Å². The van der Waals surface area contributed by atoms with Crippen LogP contribution in [0.25, 0.3) is 0 Å². The molecule has 2 amide bonds. The first-order chi connectivity index (χ1) is 15.4. The van der Waals surface area contributed by atoms with E-state index in [-0.39, 0.29) is 35.2 Å². The van der Waals surface area contributed by atoms with Crippen molar-refractivity contribution in [2.24, 2.45) is 5.41 Å². The molecule has 0 aliphatic heterocycles. The predicted octanol–water partition coefficient (Wildman–Crippen LogP) is 4.39. The fraction of sp³-hybridized carbons (Fsp3) is 0.375. The molecule has 0 saturated carbocycles. The number of carbonyl (C=O) groups is 3. The van der Waals surface area contributed by atoms with Gasteiger partial charge in [-0.15, -0.1) is 0 Å². The molecular weight excluding hydrogens is 426 g/mol. The predicted molar refractivity (Wildman–Crippen MR) is 124 cm³/mol. The molecule has 0 radical (unpaired) electrons. The summed E-state index contributed by atoms with van der Waals surface area (Å²) in [7, 11) is 0. The number of benzene rings is 2. The number of carbonyl (C=O) groups excluding carboxylic acids is 3. The minimum Gasteiger partial charge on any atom is -0.463 e. The van der Waals surface area contributed by atoms with E-state index in [1.165, 1.54) is 24.3 Å². The van der Waals surface area contributed by atoms with Gasteiger partial charge in [0.1, 0.15) is 0 Å². The Morgan fingerprint density at radius 3 is 2.33 bits per heavy atom. The minimum absolute atomic E-state index is 0.189. The van der Waals surface area contributed by atoms with E-state index in [4.69, 9.17) is 4.74 Å². The lowest BCUT2D eigenvalue weighted by molar-refractivity contribution is -0.385. The number of rotatable bonds is 8. The van der Waals surface area contributed by atoms with Gasteiger partial charge in [-0.3, -0.25) is 24.5 Å². The molecule has 2 rings (SSSR count). The summed E-state index contributed by atoms with van der Waals surface area (Å²) in [6.45, 7) is 8.69.